The molecule has 0 aliphatic heterocycles. The summed E-state index contributed by atoms with van der Waals surface area (Å²) in [6, 6.07) is 17.4. The number of hydrogen-bond acceptors (Lipinski definition) is 3. The molecule has 2 aromatic carbocycles. The van der Waals surface area contributed by atoms with E-state index >= 15 is 0 Å². The van der Waals surface area contributed by atoms with Gasteiger partial charge in [-0.3, -0.25) is 0 Å². The summed E-state index contributed by atoms with van der Waals surface area (Å²) in [4.78, 5) is 0. The lowest BCUT2D eigenvalue weighted by Gasteiger charge is -2.08. The van der Waals surface area contributed by atoms with E-state index in [1.165, 1.54) is 0 Å². The molecule has 1 unspecified atom stereocenters. The molecular weight excluding hydrogens is 240 g/mol. The molecule has 0 heterocycles. The summed E-state index contributed by atoms with van der Waals surface area (Å²) in [6.45, 7) is -0.185. The maximum atomic E-state index is 9.29. The Kier molecular flexibility index (Phi) is 4.95. The van der Waals surface area contributed by atoms with Gasteiger partial charge in [-0.05, 0) is 42.7 Å². The standard InChI is InChI=1S/C16H18O3/c17-12-14(18)9-6-13-7-10-16(11-8-13)19-15-4-2-1-3-5-15/h1-5,7-8,10-11,14,17-18H,6,9,12H2. The molecule has 3 heteroatoms. The zero-order valence-corrected chi connectivity index (χ0v) is 10.7. The second-order valence-electron chi connectivity index (χ2n) is 4.43. The SMILES string of the molecule is OCC(O)CCc1ccc(Oc2ccccc2)cc1. The quantitative estimate of drug-likeness (QED) is 0.837. The molecule has 0 saturated carbocycles. The third-order valence-corrected chi connectivity index (χ3v) is 2.88. The summed E-state index contributed by atoms with van der Waals surface area (Å²) in [5.74, 6) is 1.60. The number of benzene rings is 2. The van der Waals surface area contributed by atoms with Gasteiger partial charge in [0.2, 0.25) is 0 Å². The van der Waals surface area contributed by atoms with Gasteiger partial charge < -0.3 is 14.9 Å². The molecule has 1 atom stereocenters. The lowest BCUT2D eigenvalue weighted by molar-refractivity contribution is 0.0886. The zero-order chi connectivity index (χ0) is 13.5. The maximum Gasteiger partial charge on any atom is 0.127 e. The van der Waals surface area contributed by atoms with Gasteiger partial charge in [-0.25, -0.2) is 0 Å². The topological polar surface area (TPSA) is 49.7 Å². The van der Waals surface area contributed by atoms with Gasteiger partial charge in [-0.1, -0.05) is 30.3 Å². The molecule has 0 fully saturated rings. The Morgan fingerprint density at radius 3 is 2.16 bits per heavy atom. The first kappa shape index (κ1) is 13.6. The van der Waals surface area contributed by atoms with Crippen molar-refractivity contribution in [2.75, 3.05) is 6.61 Å². The lowest BCUT2D eigenvalue weighted by Crippen LogP contribution is -2.12. The maximum absolute atomic E-state index is 9.29. The summed E-state index contributed by atoms with van der Waals surface area (Å²) in [5, 5.41) is 18.0. The van der Waals surface area contributed by atoms with E-state index < -0.39 is 6.10 Å². The molecule has 0 aliphatic rings. The Balaban J connectivity index is 1.91. The summed E-state index contributed by atoms with van der Waals surface area (Å²) in [6.07, 6.45) is 0.670. The minimum absolute atomic E-state index is 0.185. The van der Waals surface area contributed by atoms with E-state index in [4.69, 9.17) is 9.84 Å². The summed E-state index contributed by atoms with van der Waals surface area (Å²) in [7, 11) is 0. The molecule has 19 heavy (non-hydrogen) atoms. The van der Waals surface area contributed by atoms with Gasteiger partial charge in [-0.2, -0.15) is 0 Å². The number of para-hydroxylation sites is 1. The van der Waals surface area contributed by atoms with E-state index in [9.17, 15) is 5.11 Å². The molecule has 2 N–H and O–H groups in total. The third-order valence-electron chi connectivity index (χ3n) is 2.88. The first-order valence-corrected chi connectivity index (χ1v) is 6.38. The van der Waals surface area contributed by atoms with Crippen LogP contribution in [0, 0.1) is 0 Å². The molecule has 0 spiro atoms. The average molecular weight is 258 g/mol. The molecule has 3 nitrogen and oxygen atoms in total. The molecule has 0 radical (unpaired) electrons. The van der Waals surface area contributed by atoms with Gasteiger partial charge in [0.1, 0.15) is 11.5 Å². The van der Waals surface area contributed by atoms with Crippen LogP contribution in [0.2, 0.25) is 0 Å². The van der Waals surface area contributed by atoms with Crippen molar-refractivity contribution in [2.24, 2.45) is 0 Å². The van der Waals surface area contributed by atoms with E-state index in [1.807, 2.05) is 54.6 Å². The van der Waals surface area contributed by atoms with Crippen LogP contribution in [-0.2, 0) is 6.42 Å². The molecule has 0 amide bonds. The molecule has 0 bridgehead atoms. The fourth-order valence-corrected chi connectivity index (χ4v) is 1.77. The van der Waals surface area contributed by atoms with Crippen LogP contribution >= 0.6 is 0 Å². The fourth-order valence-electron chi connectivity index (χ4n) is 1.77. The van der Waals surface area contributed by atoms with Gasteiger partial charge in [-0.15, -0.1) is 0 Å². The highest BCUT2D eigenvalue weighted by Gasteiger charge is 2.03. The van der Waals surface area contributed by atoms with Crippen LogP contribution in [0.4, 0.5) is 0 Å². The molecule has 0 aromatic heterocycles. The first-order chi connectivity index (χ1) is 9.28. The van der Waals surface area contributed by atoms with Crippen molar-refractivity contribution in [3.63, 3.8) is 0 Å². The Morgan fingerprint density at radius 2 is 1.53 bits per heavy atom. The molecular formula is C16H18O3. The summed E-state index contributed by atoms with van der Waals surface area (Å²) in [5.41, 5.74) is 1.12. The van der Waals surface area contributed by atoms with Crippen LogP contribution in [-0.4, -0.2) is 22.9 Å². The van der Waals surface area contributed by atoms with Crippen LogP contribution < -0.4 is 4.74 Å². The molecule has 0 aliphatic carbocycles. The minimum atomic E-state index is -0.639. The smallest absolute Gasteiger partial charge is 0.127 e. The Labute approximate surface area is 113 Å². The third kappa shape index (κ3) is 4.39. The zero-order valence-electron chi connectivity index (χ0n) is 10.7. The monoisotopic (exact) mass is 258 g/mol. The van der Waals surface area contributed by atoms with Crippen LogP contribution in [0.15, 0.2) is 54.6 Å². The number of hydrogen-bond donors (Lipinski definition) is 2. The lowest BCUT2D eigenvalue weighted by atomic mass is 10.1. The number of aliphatic hydroxyl groups excluding tert-OH is 2. The largest absolute Gasteiger partial charge is 0.457 e. The van der Waals surface area contributed by atoms with Gasteiger partial charge in [0.25, 0.3) is 0 Å². The van der Waals surface area contributed by atoms with Gasteiger partial charge in [0.15, 0.2) is 0 Å². The highest BCUT2D eigenvalue weighted by atomic mass is 16.5. The van der Waals surface area contributed by atoms with Crippen LogP contribution in [0.1, 0.15) is 12.0 Å². The Bertz CT molecular complexity index is 479. The highest BCUT2D eigenvalue weighted by molar-refractivity contribution is 5.32. The summed E-state index contributed by atoms with van der Waals surface area (Å²) >= 11 is 0. The highest BCUT2D eigenvalue weighted by Crippen LogP contribution is 2.21. The van der Waals surface area contributed by atoms with Crippen LogP contribution in [0.3, 0.4) is 0 Å². The van der Waals surface area contributed by atoms with Crippen molar-refractivity contribution in [1.29, 1.82) is 0 Å². The Hall–Kier alpha value is -1.84. The second kappa shape index (κ2) is 6.92. The van der Waals surface area contributed by atoms with E-state index in [0.717, 1.165) is 23.5 Å². The van der Waals surface area contributed by atoms with Crippen molar-refractivity contribution in [3.8, 4) is 11.5 Å². The molecule has 0 saturated heterocycles. The first-order valence-electron chi connectivity index (χ1n) is 6.38. The van der Waals surface area contributed by atoms with E-state index in [-0.39, 0.29) is 6.61 Å². The Morgan fingerprint density at radius 1 is 0.895 bits per heavy atom. The van der Waals surface area contributed by atoms with E-state index in [2.05, 4.69) is 0 Å². The van der Waals surface area contributed by atoms with Gasteiger partial charge in [0, 0.05) is 0 Å². The second-order valence-corrected chi connectivity index (χ2v) is 4.43. The van der Waals surface area contributed by atoms with Gasteiger partial charge >= 0.3 is 0 Å². The number of rotatable bonds is 6. The fraction of sp³-hybridized carbons (Fsp3) is 0.250. The van der Waals surface area contributed by atoms with Crippen LogP contribution in [0.25, 0.3) is 0 Å². The number of aliphatic hydroxyl groups is 2. The van der Waals surface area contributed by atoms with Crippen molar-refractivity contribution >= 4 is 0 Å². The molecule has 100 valence electrons. The van der Waals surface area contributed by atoms with E-state index in [1.54, 1.807) is 0 Å². The number of ether oxygens (including phenoxy) is 1. The molecule has 2 rings (SSSR count). The van der Waals surface area contributed by atoms with Crippen molar-refractivity contribution in [3.05, 3.63) is 60.2 Å². The predicted octanol–water partition coefficient (Wildman–Crippen LogP) is 2.76. The average Bonchev–Trinajstić information content (AvgIpc) is 2.47. The van der Waals surface area contributed by atoms with Crippen molar-refractivity contribution in [2.45, 2.75) is 18.9 Å². The van der Waals surface area contributed by atoms with E-state index in [0.29, 0.717) is 6.42 Å². The van der Waals surface area contributed by atoms with Gasteiger partial charge in [0.05, 0.1) is 12.7 Å². The number of aryl methyl sites for hydroxylation is 1. The normalized spacial score (nSPS) is 12.1. The van der Waals surface area contributed by atoms with Crippen molar-refractivity contribution < 1.29 is 14.9 Å². The van der Waals surface area contributed by atoms with Crippen LogP contribution in [0.5, 0.6) is 11.5 Å². The van der Waals surface area contributed by atoms with Crippen molar-refractivity contribution in [1.82, 2.24) is 0 Å². The summed E-state index contributed by atoms with van der Waals surface area (Å²) < 4.78 is 5.69. The predicted molar refractivity (Wildman–Crippen MR) is 74.4 cm³/mol. The molecule has 2 aromatic rings. The minimum Gasteiger partial charge on any atom is -0.457 e.